The Hall–Kier alpha value is -1.46. The lowest BCUT2D eigenvalue weighted by molar-refractivity contribution is -0.385. The van der Waals surface area contributed by atoms with Crippen LogP contribution in [0.1, 0.15) is 25.0 Å². The van der Waals surface area contributed by atoms with Gasteiger partial charge >= 0.3 is 0 Å². The minimum Gasteiger partial charge on any atom is -0.377 e. The van der Waals surface area contributed by atoms with Crippen LogP contribution < -0.4 is 5.32 Å². The third-order valence-electron chi connectivity index (χ3n) is 2.90. The molecule has 0 aliphatic heterocycles. The Morgan fingerprint density at radius 1 is 1.44 bits per heavy atom. The van der Waals surface area contributed by atoms with E-state index in [9.17, 15) is 10.1 Å². The Bertz CT molecular complexity index is 430. The number of benzene rings is 1. The molecule has 0 amide bonds. The lowest BCUT2D eigenvalue weighted by Gasteiger charge is -2.23. The number of ether oxygens (including phenoxy) is 1. The fourth-order valence-corrected chi connectivity index (χ4v) is 1.54. The SMILES string of the molecule is COC(C)(C)CNCc1ccc(C)c([N+](=O)[O-])c1. The smallest absolute Gasteiger partial charge is 0.272 e. The number of nitro benzene ring substituents is 1. The molecule has 0 unspecified atom stereocenters. The van der Waals surface area contributed by atoms with Crippen molar-refractivity contribution in [3.8, 4) is 0 Å². The average molecular weight is 252 g/mol. The number of rotatable bonds is 6. The van der Waals surface area contributed by atoms with E-state index in [-0.39, 0.29) is 16.2 Å². The van der Waals surface area contributed by atoms with E-state index < -0.39 is 0 Å². The Balaban J connectivity index is 2.64. The summed E-state index contributed by atoms with van der Waals surface area (Å²) < 4.78 is 5.29. The second-order valence-electron chi connectivity index (χ2n) is 4.95. The topological polar surface area (TPSA) is 64.4 Å². The molecule has 0 aliphatic rings. The van der Waals surface area contributed by atoms with Crippen molar-refractivity contribution in [1.29, 1.82) is 0 Å². The molecule has 0 aromatic heterocycles. The Morgan fingerprint density at radius 2 is 2.11 bits per heavy atom. The van der Waals surface area contributed by atoms with E-state index in [0.717, 1.165) is 5.56 Å². The van der Waals surface area contributed by atoms with Crippen LogP contribution in [0.25, 0.3) is 0 Å². The van der Waals surface area contributed by atoms with E-state index in [1.807, 2.05) is 19.9 Å². The molecule has 0 fully saturated rings. The van der Waals surface area contributed by atoms with Crippen LogP contribution in [0.2, 0.25) is 0 Å². The quantitative estimate of drug-likeness (QED) is 0.623. The Morgan fingerprint density at radius 3 is 2.67 bits per heavy atom. The van der Waals surface area contributed by atoms with Crippen LogP contribution in [0.4, 0.5) is 5.69 Å². The molecule has 18 heavy (non-hydrogen) atoms. The number of nitrogens with one attached hydrogen (secondary N) is 1. The van der Waals surface area contributed by atoms with Crippen LogP contribution in [-0.2, 0) is 11.3 Å². The summed E-state index contributed by atoms with van der Waals surface area (Å²) >= 11 is 0. The first-order valence-corrected chi connectivity index (χ1v) is 5.85. The van der Waals surface area contributed by atoms with Gasteiger partial charge in [-0.2, -0.15) is 0 Å². The molecule has 0 saturated carbocycles. The normalized spacial score (nSPS) is 11.6. The maximum Gasteiger partial charge on any atom is 0.272 e. The third-order valence-corrected chi connectivity index (χ3v) is 2.90. The van der Waals surface area contributed by atoms with Crippen molar-refractivity contribution < 1.29 is 9.66 Å². The molecule has 5 heteroatoms. The highest BCUT2D eigenvalue weighted by atomic mass is 16.6. The molecule has 0 spiro atoms. The van der Waals surface area contributed by atoms with Crippen molar-refractivity contribution in [3.63, 3.8) is 0 Å². The summed E-state index contributed by atoms with van der Waals surface area (Å²) in [5.74, 6) is 0. The monoisotopic (exact) mass is 252 g/mol. The largest absolute Gasteiger partial charge is 0.377 e. The highest BCUT2D eigenvalue weighted by molar-refractivity contribution is 5.42. The number of nitro groups is 1. The highest BCUT2D eigenvalue weighted by Crippen LogP contribution is 2.19. The van der Waals surface area contributed by atoms with E-state index in [2.05, 4.69) is 5.32 Å². The summed E-state index contributed by atoms with van der Waals surface area (Å²) in [6.45, 7) is 6.98. The molecule has 0 aliphatic carbocycles. The van der Waals surface area contributed by atoms with Gasteiger partial charge < -0.3 is 10.1 Å². The fourth-order valence-electron chi connectivity index (χ4n) is 1.54. The minimum absolute atomic E-state index is 0.167. The molecule has 0 heterocycles. The molecule has 5 nitrogen and oxygen atoms in total. The molecule has 0 saturated heterocycles. The first-order valence-electron chi connectivity index (χ1n) is 5.85. The van der Waals surface area contributed by atoms with Gasteiger partial charge in [0.05, 0.1) is 10.5 Å². The van der Waals surface area contributed by atoms with E-state index in [4.69, 9.17) is 4.74 Å². The number of hydrogen-bond donors (Lipinski definition) is 1. The van der Waals surface area contributed by atoms with Gasteiger partial charge in [-0.3, -0.25) is 10.1 Å². The fraction of sp³-hybridized carbons (Fsp3) is 0.538. The third kappa shape index (κ3) is 4.09. The standard InChI is InChI=1S/C13H20N2O3/c1-10-5-6-11(7-12(10)15(16)17)8-14-9-13(2,3)18-4/h5-7,14H,8-9H2,1-4H3. The molecule has 0 radical (unpaired) electrons. The molecule has 100 valence electrons. The Kier molecular flexibility index (Phi) is 4.81. The maximum atomic E-state index is 10.8. The van der Waals surface area contributed by atoms with Crippen LogP contribution in [0.3, 0.4) is 0 Å². The number of hydrogen-bond acceptors (Lipinski definition) is 4. The zero-order valence-electron chi connectivity index (χ0n) is 11.3. The molecular formula is C13H20N2O3. The van der Waals surface area contributed by atoms with Crippen molar-refractivity contribution >= 4 is 5.69 Å². The van der Waals surface area contributed by atoms with E-state index in [1.165, 1.54) is 0 Å². The van der Waals surface area contributed by atoms with E-state index >= 15 is 0 Å². The van der Waals surface area contributed by atoms with Gasteiger partial charge in [-0.05, 0) is 26.3 Å². The van der Waals surface area contributed by atoms with Crippen LogP contribution in [0, 0.1) is 17.0 Å². The van der Waals surface area contributed by atoms with Gasteiger partial charge in [0.2, 0.25) is 0 Å². The second kappa shape index (κ2) is 5.93. The average Bonchev–Trinajstić information content (AvgIpc) is 2.31. The van der Waals surface area contributed by atoms with Gasteiger partial charge in [-0.1, -0.05) is 12.1 Å². The van der Waals surface area contributed by atoms with Crippen molar-refractivity contribution in [3.05, 3.63) is 39.4 Å². The van der Waals surface area contributed by atoms with Crippen LogP contribution >= 0.6 is 0 Å². The molecule has 0 bridgehead atoms. The van der Waals surface area contributed by atoms with E-state index in [1.54, 1.807) is 26.2 Å². The molecular weight excluding hydrogens is 232 g/mol. The molecule has 1 aromatic carbocycles. The summed E-state index contributed by atoms with van der Waals surface area (Å²) in [6.07, 6.45) is 0. The van der Waals surface area contributed by atoms with Gasteiger partial charge in [-0.15, -0.1) is 0 Å². The zero-order valence-corrected chi connectivity index (χ0v) is 11.3. The zero-order chi connectivity index (χ0) is 13.8. The van der Waals surface area contributed by atoms with E-state index in [0.29, 0.717) is 18.7 Å². The summed E-state index contributed by atoms with van der Waals surface area (Å²) in [4.78, 5) is 10.5. The van der Waals surface area contributed by atoms with Gasteiger partial charge in [0.25, 0.3) is 5.69 Å². The van der Waals surface area contributed by atoms with Crippen LogP contribution in [0.5, 0.6) is 0 Å². The molecule has 1 N–H and O–H groups in total. The van der Waals surface area contributed by atoms with Crippen LogP contribution in [-0.4, -0.2) is 24.2 Å². The van der Waals surface area contributed by atoms with Gasteiger partial charge in [0.1, 0.15) is 0 Å². The highest BCUT2D eigenvalue weighted by Gasteiger charge is 2.16. The summed E-state index contributed by atoms with van der Waals surface area (Å²) in [5, 5.41) is 14.0. The first kappa shape index (κ1) is 14.6. The van der Waals surface area contributed by atoms with Crippen molar-refractivity contribution in [2.75, 3.05) is 13.7 Å². The van der Waals surface area contributed by atoms with Crippen molar-refractivity contribution in [2.45, 2.75) is 32.9 Å². The molecule has 1 aromatic rings. The van der Waals surface area contributed by atoms with Gasteiger partial charge in [0.15, 0.2) is 0 Å². The molecule has 1 rings (SSSR count). The van der Waals surface area contributed by atoms with Crippen molar-refractivity contribution in [2.24, 2.45) is 0 Å². The predicted molar refractivity (Wildman–Crippen MR) is 70.6 cm³/mol. The predicted octanol–water partition coefficient (Wildman–Crippen LogP) is 2.42. The summed E-state index contributed by atoms with van der Waals surface area (Å²) in [6, 6.07) is 5.29. The Labute approximate surface area is 107 Å². The second-order valence-corrected chi connectivity index (χ2v) is 4.95. The molecule has 0 atom stereocenters. The first-order chi connectivity index (χ1) is 8.35. The lowest BCUT2D eigenvalue weighted by Crippen LogP contribution is -2.36. The van der Waals surface area contributed by atoms with Crippen molar-refractivity contribution in [1.82, 2.24) is 5.32 Å². The van der Waals surface area contributed by atoms with Gasteiger partial charge in [-0.25, -0.2) is 0 Å². The summed E-state index contributed by atoms with van der Waals surface area (Å²) in [5.41, 5.74) is 1.51. The number of aryl methyl sites for hydroxylation is 1. The summed E-state index contributed by atoms with van der Waals surface area (Å²) in [7, 11) is 1.67. The van der Waals surface area contributed by atoms with Gasteiger partial charge in [0, 0.05) is 31.8 Å². The number of methoxy groups -OCH3 is 1. The minimum atomic E-state index is -0.349. The van der Waals surface area contributed by atoms with Crippen LogP contribution in [0.15, 0.2) is 18.2 Å². The maximum absolute atomic E-state index is 10.8. The number of nitrogens with zero attached hydrogens (tertiary/aromatic N) is 1. The lowest BCUT2D eigenvalue weighted by atomic mass is 10.1.